The van der Waals surface area contributed by atoms with Crippen LogP contribution in [-0.2, 0) is 0 Å². The Morgan fingerprint density at radius 2 is 2.15 bits per heavy atom. The van der Waals surface area contributed by atoms with E-state index in [-0.39, 0.29) is 11.7 Å². The lowest BCUT2D eigenvalue weighted by molar-refractivity contribution is 0.0954. The number of benzene rings is 2. The topological polar surface area (TPSA) is 59.9 Å². The van der Waals surface area contributed by atoms with Crippen molar-refractivity contribution < 1.29 is 18.7 Å². The van der Waals surface area contributed by atoms with Crippen LogP contribution in [0.2, 0.25) is 5.02 Å². The Kier molecular flexibility index (Phi) is 6.97. The molecule has 0 bridgehead atoms. The molecule has 1 amide bonds. The number of methoxy groups -OCH3 is 1. The second-order valence-electron chi connectivity index (χ2n) is 5.58. The predicted molar refractivity (Wildman–Crippen MR) is 99.8 cm³/mol. The van der Waals surface area contributed by atoms with Gasteiger partial charge in [-0.2, -0.15) is 5.10 Å². The van der Waals surface area contributed by atoms with Crippen molar-refractivity contribution in [3.05, 3.63) is 58.4 Å². The van der Waals surface area contributed by atoms with Gasteiger partial charge in [-0.1, -0.05) is 24.6 Å². The van der Waals surface area contributed by atoms with Crippen LogP contribution in [0.5, 0.6) is 11.5 Å². The van der Waals surface area contributed by atoms with E-state index < -0.39 is 11.7 Å². The summed E-state index contributed by atoms with van der Waals surface area (Å²) in [4.78, 5) is 11.9. The molecule has 0 aromatic heterocycles. The number of hydrogen-bond donors (Lipinski definition) is 1. The minimum absolute atomic E-state index is 0.00790. The Labute approximate surface area is 156 Å². The summed E-state index contributed by atoms with van der Waals surface area (Å²) in [5.74, 6) is -0.0780. The molecule has 0 heterocycles. The molecule has 0 fully saturated rings. The van der Waals surface area contributed by atoms with Gasteiger partial charge in [0.15, 0.2) is 11.5 Å². The number of ether oxygens (including phenoxy) is 2. The first kappa shape index (κ1) is 19.7. The minimum atomic E-state index is -0.518. The maximum absolute atomic E-state index is 13.1. The molecule has 2 aromatic rings. The van der Waals surface area contributed by atoms with Crippen LogP contribution in [0.25, 0.3) is 0 Å². The monoisotopic (exact) mass is 378 g/mol. The zero-order valence-corrected chi connectivity index (χ0v) is 15.5. The van der Waals surface area contributed by atoms with E-state index in [4.69, 9.17) is 21.1 Å². The summed E-state index contributed by atoms with van der Waals surface area (Å²) in [5, 5.41) is 4.25. The molecule has 138 valence electrons. The third kappa shape index (κ3) is 5.20. The number of carbonyl (C=O) groups is 1. The first-order chi connectivity index (χ1) is 12.4. The molecule has 0 saturated carbocycles. The number of amides is 1. The summed E-state index contributed by atoms with van der Waals surface area (Å²) in [7, 11) is 1.52. The zero-order chi connectivity index (χ0) is 19.1. The molecule has 1 atom stereocenters. The van der Waals surface area contributed by atoms with Crippen LogP contribution in [0, 0.1) is 5.82 Å². The number of hydrazone groups is 1. The van der Waals surface area contributed by atoms with Crippen molar-refractivity contribution in [2.75, 3.05) is 7.11 Å². The number of carbonyl (C=O) groups excluding carboxylic acids is 1. The highest BCUT2D eigenvalue weighted by Crippen LogP contribution is 2.37. The van der Waals surface area contributed by atoms with E-state index in [1.165, 1.54) is 31.5 Å². The highest BCUT2D eigenvalue weighted by Gasteiger charge is 2.14. The van der Waals surface area contributed by atoms with Crippen molar-refractivity contribution in [2.24, 2.45) is 5.10 Å². The highest BCUT2D eigenvalue weighted by molar-refractivity contribution is 6.32. The number of hydrogen-bond acceptors (Lipinski definition) is 4. The Balaban J connectivity index is 2.12. The van der Waals surface area contributed by atoms with Crippen molar-refractivity contribution in [2.45, 2.75) is 26.4 Å². The van der Waals surface area contributed by atoms with Gasteiger partial charge in [0, 0.05) is 5.56 Å². The van der Waals surface area contributed by atoms with E-state index in [1.54, 1.807) is 12.1 Å². The summed E-state index contributed by atoms with van der Waals surface area (Å²) in [6.07, 6.45) is 2.24. The quantitative estimate of drug-likeness (QED) is 0.572. The van der Waals surface area contributed by atoms with Crippen LogP contribution >= 0.6 is 11.6 Å². The molecule has 0 saturated heterocycles. The third-order valence-corrected chi connectivity index (χ3v) is 3.89. The second-order valence-corrected chi connectivity index (χ2v) is 5.99. The number of halogens is 2. The molecule has 0 spiro atoms. The highest BCUT2D eigenvalue weighted by atomic mass is 35.5. The summed E-state index contributed by atoms with van der Waals surface area (Å²) in [5.41, 5.74) is 3.13. The molecular formula is C19H20ClFN2O3. The smallest absolute Gasteiger partial charge is 0.271 e. The summed E-state index contributed by atoms with van der Waals surface area (Å²) in [6, 6.07) is 8.69. The SMILES string of the molecule is CC[C@H](C)Oc1c(Cl)cc(/C=N\NC(=O)c2cccc(F)c2)cc1OC. The number of nitrogens with zero attached hydrogens (tertiary/aromatic N) is 1. The van der Waals surface area contributed by atoms with Gasteiger partial charge in [-0.15, -0.1) is 0 Å². The largest absolute Gasteiger partial charge is 0.493 e. The maximum atomic E-state index is 13.1. The molecule has 0 aliphatic carbocycles. The molecule has 0 aliphatic rings. The number of nitrogens with one attached hydrogen (secondary N) is 1. The fraction of sp³-hybridized carbons (Fsp3) is 0.263. The molecule has 2 aromatic carbocycles. The van der Waals surface area contributed by atoms with E-state index in [2.05, 4.69) is 10.5 Å². The van der Waals surface area contributed by atoms with E-state index in [0.29, 0.717) is 22.1 Å². The van der Waals surface area contributed by atoms with Crippen molar-refractivity contribution in [1.82, 2.24) is 5.43 Å². The van der Waals surface area contributed by atoms with Gasteiger partial charge >= 0.3 is 0 Å². The molecule has 0 radical (unpaired) electrons. The molecule has 2 rings (SSSR count). The van der Waals surface area contributed by atoms with E-state index in [1.807, 2.05) is 13.8 Å². The molecule has 1 N–H and O–H groups in total. The van der Waals surface area contributed by atoms with Crippen LogP contribution in [0.1, 0.15) is 36.2 Å². The second kappa shape index (κ2) is 9.20. The van der Waals surface area contributed by atoms with Crippen molar-refractivity contribution in [3.63, 3.8) is 0 Å². The van der Waals surface area contributed by atoms with E-state index >= 15 is 0 Å². The van der Waals surface area contributed by atoms with Gasteiger partial charge in [0.2, 0.25) is 0 Å². The molecule has 7 heteroatoms. The Hall–Kier alpha value is -2.60. The van der Waals surface area contributed by atoms with Crippen molar-refractivity contribution in [3.8, 4) is 11.5 Å². The van der Waals surface area contributed by atoms with Gasteiger partial charge < -0.3 is 9.47 Å². The fourth-order valence-electron chi connectivity index (χ4n) is 2.07. The van der Waals surface area contributed by atoms with Gasteiger partial charge in [-0.05, 0) is 49.2 Å². The zero-order valence-electron chi connectivity index (χ0n) is 14.8. The predicted octanol–water partition coefficient (Wildman–Crippen LogP) is 4.43. The first-order valence-electron chi connectivity index (χ1n) is 8.07. The van der Waals surface area contributed by atoms with Gasteiger partial charge in [-0.3, -0.25) is 4.79 Å². The average Bonchev–Trinajstić information content (AvgIpc) is 2.63. The van der Waals surface area contributed by atoms with Crippen LogP contribution in [0.4, 0.5) is 4.39 Å². The molecule has 26 heavy (non-hydrogen) atoms. The molecule has 5 nitrogen and oxygen atoms in total. The van der Waals surface area contributed by atoms with Gasteiger partial charge in [0.25, 0.3) is 5.91 Å². The Morgan fingerprint density at radius 1 is 1.38 bits per heavy atom. The van der Waals surface area contributed by atoms with Crippen LogP contribution < -0.4 is 14.9 Å². The summed E-state index contributed by atoms with van der Waals surface area (Å²) < 4.78 is 24.2. The van der Waals surface area contributed by atoms with Crippen molar-refractivity contribution >= 4 is 23.7 Å². The molecular weight excluding hydrogens is 359 g/mol. The Bertz CT molecular complexity index is 811. The average molecular weight is 379 g/mol. The van der Waals surface area contributed by atoms with Gasteiger partial charge in [0.05, 0.1) is 24.5 Å². The van der Waals surface area contributed by atoms with Crippen LogP contribution in [0.3, 0.4) is 0 Å². The maximum Gasteiger partial charge on any atom is 0.271 e. The number of rotatable bonds is 7. The van der Waals surface area contributed by atoms with Crippen LogP contribution in [0.15, 0.2) is 41.5 Å². The summed E-state index contributed by atoms with van der Waals surface area (Å²) in [6.45, 7) is 3.94. The summed E-state index contributed by atoms with van der Waals surface area (Å²) >= 11 is 6.27. The normalized spacial score (nSPS) is 12.0. The lowest BCUT2D eigenvalue weighted by atomic mass is 10.2. The van der Waals surface area contributed by atoms with Gasteiger partial charge in [0.1, 0.15) is 5.82 Å². The van der Waals surface area contributed by atoms with E-state index in [9.17, 15) is 9.18 Å². The Morgan fingerprint density at radius 3 is 2.81 bits per heavy atom. The lowest BCUT2D eigenvalue weighted by Crippen LogP contribution is -2.17. The van der Waals surface area contributed by atoms with Gasteiger partial charge in [-0.25, -0.2) is 9.82 Å². The molecule has 0 unspecified atom stereocenters. The molecule has 0 aliphatic heterocycles. The van der Waals surface area contributed by atoms with Crippen molar-refractivity contribution in [1.29, 1.82) is 0 Å². The standard InChI is InChI=1S/C19H20ClFN2O3/c1-4-12(2)26-18-16(20)8-13(9-17(18)25-3)11-22-23-19(24)14-6-5-7-15(21)10-14/h5-12H,4H2,1-3H3,(H,23,24)/b22-11-/t12-/m0/s1. The lowest BCUT2D eigenvalue weighted by Gasteiger charge is -2.17. The van der Waals surface area contributed by atoms with E-state index in [0.717, 1.165) is 12.5 Å². The third-order valence-electron chi connectivity index (χ3n) is 3.61. The first-order valence-corrected chi connectivity index (χ1v) is 8.45. The minimum Gasteiger partial charge on any atom is -0.493 e. The fourth-order valence-corrected chi connectivity index (χ4v) is 2.34. The van der Waals surface area contributed by atoms with Crippen LogP contribution in [-0.4, -0.2) is 25.3 Å².